The molecule has 0 atom stereocenters. The number of hydrogen-bond acceptors (Lipinski definition) is 3. The molecule has 0 fully saturated rings. The van der Waals surface area contributed by atoms with Crippen LogP contribution in [0.4, 0.5) is 13.2 Å². The Hall–Kier alpha value is -0.730. The van der Waals surface area contributed by atoms with E-state index in [9.17, 15) is 13.2 Å². The molecule has 19 heavy (non-hydrogen) atoms. The zero-order valence-corrected chi connectivity index (χ0v) is 12.3. The fourth-order valence-corrected chi connectivity index (χ4v) is 1.88. The van der Waals surface area contributed by atoms with Crippen molar-refractivity contribution in [1.82, 2.24) is 0 Å². The minimum absolute atomic E-state index is 0.527. The molecular weight excluding hydrogens is 301 g/mol. The zero-order chi connectivity index (χ0) is 15.3. The van der Waals surface area contributed by atoms with Gasteiger partial charge in [0, 0.05) is 5.56 Å². The Morgan fingerprint density at radius 2 is 1.53 bits per heavy atom. The minimum Gasteiger partial charge on any atom is -0.741 e. The van der Waals surface area contributed by atoms with Gasteiger partial charge in [-0.05, 0) is 17.8 Å². The van der Waals surface area contributed by atoms with Crippen LogP contribution >= 0.6 is 0 Å². The molecule has 0 aromatic heterocycles. The van der Waals surface area contributed by atoms with Gasteiger partial charge in [0.15, 0.2) is 10.1 Å². The van der Waals surface area contributed by atoms with E-state index in [1.54, 1.807) is 0 Å². The molecule has 1 aromatic carbocycles. The third-order valence-corrected chi connectivity index (χ3v) is 3.34. The Balaban J connectivity index is 0.000000362. The Kier molecular flexibility index (Phi) is 6.88. The topological polar surface area (TPSA) is 57.2 Å². The Morgan fingerprint density at radius 3 is 1.79 bits per heavy atom. The summed E-state index contributed by atoms with van der Waals surface area (Å²) in [5.74, 6) is 1.22. The molecule has 0 amide bonds. The molecule has 0 saturated carbocycles. The molecule has 1 rings (SSSR count). The summed E-state index contributed by atoms with van der Waals surface area (Å²) in [6.07, 6.45) is 4.56. The number of alkyl halides is 3. The maximum absolute atomic E-state index is 10.7. The predicted molar refractivity (Wildman–Crippen MR) is 69.8 cm³/mol. The van der Waals surface area contributed by atoms with Gasteiger partial charge >= 0.3 is 5.51 Å². The molecular formula is C11H15F3O3S2. The van der Waals surface area contributed by atoms with E-state index in [4.69, 9.17) is 13.0 Å². The van der Waals surface area contributed by atoms with Gasteiger partial charge in [0.25, 0.3) is 0 Å². The highest BCUT2D eigenvalue weighted by Gasteiger charge is 2.36. The first-order valence-corrected chi connectivity index (χ1v) is 8.67. The summed E-state index contributed by atoms with van der Waals surface area (Å²) in [5.41, 5.74) is -2.84. The fourth-order valence-electron chi connectivity index (χ4n) is 1.02. The standard InChI is InChI=1S/C10H15S.CHF3O3S/c1-9-4-6-10(7-5-9)8-11(2)3;2-1(3,4)8(5,6)7/h4-7H,8H2,1-3H3;(H,5,6,7)/q+1;/p-1. The smallest absolute Gasteiger partial charge is 0.485 e. The summed E-state index contributed by atoms with van der Waals surface area (Å²) in [5, 5.41) is 0. The normalized spacial score (nSPS) is 12.0. The predicted octanol–water partition coefficient (Wildman–Crippen LogP) is 2.42. The average molecular weight is 316 g/mol. The quantitative estimate of drug-likeness (QED) is 0.478. The maximum Gasteiger partial charge on any atom is 0.485 e. The molecule has 0 aliphatic rings. The van der Waals surface area contributed by atoms with Gasteiger partial charge in [0.2, 0.25) is 0 Å². The first kappa shape index (κ1) is 18.3. The molecule has 1 aromatic rings. The van der Waals surface area contributed by atoms with Crippen molar-refractivity contribution in [2.24, 2.45) is 0 Å². The van der Waals surface area contributed by atoms with Crippen LogP contribution in [0.25, 0.3) is 0 Å². The van der Waals surface area contributed by atoms with Gasteiger partial charge < -0.3 is 4.55 Å². The number of rotatable bonds is 2. The SMILES string of the molecule is Cc1ccc(C[S+](C)C)cc1.O=S(=O)([O-])C(F)(F)F. The van der Waals surface area contributed by atoms with E-state index >= 15 is 0 Å². The Labute approximate surface area is 113 Å². The monoisotopic (exact) mass is 316 g/mol. The minimum atomic E-state index is -6.09. The van der Waals surface area contributed by atoms with Crippen molar-refractivity contribution in [3.8, 4) is 0 Å². The van der Waals surface area contributed by atoms with Gasteiger partial charge in [-0.1, -0.05) is 29.8 Å². The fraction of sp³-hybridized carbons (Fsp3) is 0.455. The molecule has 0 aliphatic heterocycles. The van der Waals surface area contributed by atoms with E-state index in [1.165, 1.54) is 16.9 Å². The van der Waals surface area contributed by atoms with E-state index in [-0.39, 0.29) is 0 Å². The number of hydrogen-bond donors (Lipinski definition) is 0. The summed E-state index contributed by atoms with van der Waals surface area (Å²) in [6, 6.07) is 8.81. The number of aryl methyl sites for hydroxylation is 1. The second-order valence-electron chi connectivity index (χ2n) is 4.02. The van der Waals surface area contributed by atoms with Gasteiger partial charge in [0.05, 0.1) is 12.5 Å². The molecule has 0 N–H and O–H groups in total. The second kappa shape index (κ2) is 7.16. The van der Waals surface area contributed by atoms with Crippen molar-refractivity contribution in [2.45, 2.75) is 18.2 Å². The highest BCUT2D eigenvalue weighted by atomic mass is 32.2. The van der Waals surface area contributed by atoms with Crippen molar-refractivity contribution in [3.05, 3.63) is 35.4 Å². The van der Waals surface area contributed by atoms with Crippen LogP contribution in [0.3, 0.4) is 0 Å². The van der Waals surface area contributed by atoms with Crippen LogP contribution in [-0.2, 0) is 26.8 Å². The van der Waals surface area contributed by atoms with E-state index in [1.807, 2.05) is 0 Å². The Morgan fingerprint density at radius 1 is 1.16 bits per heavy atom. The summed E-state index contributed by atoms with van der Waals surface area (Å²) < 4.78 is 58.9. The molecule has 0 aliphatic carbocycles. The average Bonchev–Trinajstić information content (AvgIpc) is 2.18. The first-order chi connectivity index (χ1) is 8.43. The van der Waals surface area contributed by atoms with Crippen molar-refractivity contribution in [2.75, 3.05) is 12.5 Å². The molecule has 0 unspecified atom stereocenters. The van der Waals surface area contributed by atoms with Crippen LogP contribution in [0.2, 0.25) is 0 Å². The lowest BCUT2D eigenvalue weighted by molar-refractivity contribution is -0.0517. The lowest BCUT2D eigenvalue weighted by atomic mass is 10.2. The van der Waals surface area contributed by atoms with E-state index in [0.29, 0.717) is 10.9 Å². The highest BCUT2D eigenvalue weighted by molar-refractivity contribution is 7.94. The van der Waals surface area contributed by atoms with Crippen LogP contribution in [0, 0.1) is 6.92 Å². The van der Waals surface area contributed by atoms with E-state index < -0.39 is 15.6 Å². The van der Waals surface area contributed by atoms with Crippen molar-refractivity contribution >= 4 is 21.0 Å². The van der Waals surface area contributed by atoms with Crippen LogP contribution < -0.4 is 0 Å². The molecule has 110 valence electrons. The lowest BCUT2D eigenvalue weighted by Crippen LogP contribution is -2.21. The largest absolute Gasteiger partial charge is 0.741 e. The third-order valence-electron chi connectivity index (χ3n) is 1.86. The van der Waals surface area contributed by atoms with Crippen molar-refractivity contribution < 1.29 is 26.1 Å². The molecule has 3 nitrogen and oxygen atoms in total. The number of benzene rings is 1. The van der Waals surface area contributed by atoms with Gasteiger partial charge in [-0.15, -0.1) is 0 Å². The van der Waals surface area contributed by atoms with E-state index in [0.717, 1.165) is 0 Å². The Bertz CT molecular complexity index is 479. The van der Waals surface area contributed by atoms with Gasteiger partial charge in [-0.2, -0.15) is 13.2 Å². The molecule has 0 spiro atoms. The van der Waals surface area contributed by atoms with Crippen molar-refractivity contribution in [3.63, 3.8) is 0 Å². The zero-order valence-electron chi connectivity index (χ0n) is 10.7. The summed E-state index contributed by atoms with van der Waals surface area (Å²) in [7, 11) is -5.56. The summed E-state index contributed by atoms with van der Waals surface area (Å²) in [4.78, 5) is 0. The molecule has 8 heteroatoms. The van der Waals surface area contributed by atoms with Gasteiger partial charge in [-0.3, -0.25) is 0 Å². The third kappa shape index (κ3) is 8.12. The second-order valence-corrected chi connectivity index (χ2v) is 7.65. The van der Waals surface area contributed by atoms with Crippen molar-refractivity contribution in [1.29, 1.82) is 0 Å². The summed E-state index contributed by atoms with van der Waals surface area (Å²) >= 11 is 0. The van der Waals surface area contributed by atoms with Gasteiger partial charge in [-0.25, -0.2) is 8.42 Å². The highest BCUT2D eigenvalue weighted by Crippen LogP contribution is 2.20. The van der Waals surface area contributed by atoms with Crippen LogP contribution in [0.5, 0.6) is 0 Å². The molecule has 0 bridgehead atoms. The van der Waals surface area contributed by atoms with Crippen LogP contribution in [0.1, 0.15) is 11.1 Å². The summed E-state index contributed by atoms with van der Waals surface area (Å²) in [6.45, 7) is 2.13. The molecule has 0 heterocycles. The van der Waals surface area contributed by atoms with Crippen LogP contribution in [-0.4, -0.2) is 31.0 Å². The van der Waals surface area contributed by atoms with Crippen LogP contribution in [0.15, 0.2) is 24.3 Å². The number of halogens is 3. The van der Waals surface area contributed by atoms with Gasteiger partial charge in [0.1, 0.15) is 5.75 Å². The molecule has 0 saturated heterocycles. The lowest BCUT2D eigenvalue weighted by Gasteiger charge is -2.08. The maximum atomic E-state index is 10.7. The molecule has 0 radical (unpaired) electrons. The first-order valence-electron chi connectivity index (χ1n) is 5.05. The van der Waals surface area contributed by atoms with E-state index in [2.05, 4.69) is 43.7 Å².